The zero-order chi connectivity index (χ0) is 19.1. The minimum absolute atomic E-state index is 0.198. The Morgan fingerprint density at radius 1 is 1.31 bits per heavy atom. The highest BCUT2D eigenvalue weighted by atomic mass is 32.2. The molecule has 0 fully saturated rings. The van der Waals surface area contributed by atoms with Gasteiger partial charge in [0.2, 0.25) is 5.91 Å². The number of thiazole rings is 1. The van der Waals surface area contributed by atoms with Gasteiger partial charge in [-0.25, -0.2) is 4.98 Å². The molecule has 0 aliphatic rings. The summed E-state index contributed by atoms with van der Waals surface area (Å²) in [7, 11) is 2.05. The number of aromatic nitrogens is 1. The van der Waals surface area contributed by atoms with Crippen molar-refractivity contribution in [2.45, 2.75) is 30.9 Å². The van der Waals surface area contributed by atoms with Crippen molar-refractivity contribution in [2.75, 3.05) is 29.6 Å². The van der Waals surface area contributed by atoms with Crippen LogP contribution in [0.5, 0.6) is 0 Å². The number of amides is 2. The van der Waals surface area contributed by atoms with Gasteiger partial charge >= 0.3 is 0 Å². The SMILES string of the molecule is CCCCN(C)c1ccc(C(=O)Nc2nc(C)c(SCC(N)=O)s2)cc1. The molecule has 6 nitrogen and oxygen atoms in total. The van der Waals surface area contributed by atoms with Gasteiger partial charge in [0, 0.05) is 24.8 Å². The fraction of sp³-hybridized carbons (Fsp3) is 0.389. The minimum atomic E-state index is -0.377. The number of nitrogens with two attached hydrogens (primary N) is 1. The molecule has 140 valence electrons. The number of primary amides is 1. The molecule has 0 unspecified atom stereocenters. The number of hydrogen-bond donors (Lipinski definition) is 2. The Hall–Kier alpha value is -2.06. The molecule has 1 heterocycles. The highest BCUT2D eigenvalue weighted by Gasteiger charge is 2.13. The lowest BCUT2D eigenvalue weighted by Crippen LogP contribution is -2.18. The third-order valence-electron chi connectivity index (χ3n) is 3.74. The number of nitrogens with one attached hydrogen (secondary N) is 1. The molecule has 0 atom stereocenters. The topological polar surface area (TPSA) is 88.3 Å². The molecule has 0 spiro atoms. The van der Waals surface area contributed by atoms with E-state index in [9.17, 15) is 9.59 Å². The van der Waals surface area contributed by atoms with E-state index in [1.54, 1.807) is 0 Å². The van der Waals surface area contributed by atoms with Crippen LogP contribution in [-0.2, 0) is 4.79 Å². The molecule has 0 bridgehead atoms. The summed E-state index contributed by atoms with van der Waals surface area (Å²) in [5.74, 6) is -0.381. The van der Waals surface area contributed by atoms with E-state index in [2.05, 4.69) is 22.1 Å². The van der Waals surface area contributed by atoms with E-state index < -0.39 is 0 Å². The average molecular weight is 393 g/mol. The van der Waals surface area contributed by atoms with Gasteiger partial charge in [0.05, 0.1) is 15.7 Å². The summed E-state index contributed by atoms with van der Waals surface area (Å²) in [6.45, 7) is 5.00. The molecule has 26 heavy (non-hydrogen) atoms. The summed E-state index contributed by atoms with van der Waals surface area (Å²) in [6.07, 6.45) is 2.29. The maximum atomic E-state index is 12.4. The van der Waals surface area contributed by atoms with E-state index >= 15 is 0 Å². The van der Waals surface area contributed by atoms with Crippen LogP contribution >= 0.6 is 23.1 Å². The Morgan fingerprint density at radius 3 is 2.62 bits per heavy atom. The minimum Gasteiger partial charge on any atom is -0.375 e. The van der Waals surface area contributed by atoms with Gasteiger partial charge in [0.1, 0.15) is 0 Å². The molecule has 2 amide bonds. The van der Waals surface area contributed by atoms with Crippen molar-refractivity contribution in [1.82, 2.24) is 4.98 Å². The molecule has 0 saturated carbocycles. The van der Waals surface area contributed by atoms with Gasteiger partial charge in [0.15, 0.2) is 5.13 Å². The van der Waals surface area contributed by atoms with Gasteiger partial charge in [0.25, 0.3) is 5.91 Å². The highest BCUT2D eigenvalue weighted by Crippen LogP contribution is 2.32. The van der Waals surface area contributed by atoms with Crippen molar-refractivity contribution < 1.29 is 9.59 Å². The smallest absolute Gasteiger partial charge is 0.257 e. The molecule has 1 aromatic heterocycles. The fourth-order valence-corrected chi connectivity index (χ4v) is 4.14. The number of rotatable bonds is 9. The standard InChI is InChI=1S/C18H24N4O2S2/c1-4-5-10-22(3)14-8-6-13(7-9-14)16(24)21-18-20-12(2)17(26-18)25-11-15(19)23/h6-9H,4-5,10-11H2,1-3H3,(H2,19,23)(H,20,21,24). The van der Waals surface area contributed by atoms with E-state index in [1.807, 2.05) is 38.2 Å². The normalized spacial score (nSPS) is 10.6. The largest absolute Gasteiger partial charge is 0.375 e. The second-order valence-electron chi connectivity index (χ2n) is 5.92. The molecule has 3 N–H and O–H groups in total. The number of aryl methyl sites for hydroxylation is 1. The first-order valence-corrected chi connectivity index (χ1v) is 10.2. The molecule has 1 aromatic carbocycles. The van der Waals surface area contributed by atoms with Crippen LogP contribution in [0.1, 0.15) is 35.8 Å². The molecule has 0 aliphatic heterocycles. The number of thioether (sulfide) groups is 1. The molecular weight excluding hydrogens is 368 g/mol. The maximum absolute atomic E-state index is 12.4. The van der Waals surface area contributed by atoms with Crippen LogP contribution in [0.2, 0.25) is 0 Å². The molecule has 0 saturated heterocycles. The van der Waals surface area contributed by atoms with Crippen LogP contribution in [0.3, 0.4) is 0 Å². The predicted octanol–water partition coefficient (Wildman–Crippen LogP) is 3.52. The van der Waals surface area contributed by atoms with Gasteiger partial charge in [-0.05, 0) is 37.6 Å². The number of carbonyl (C=O) groups excluding carboxylic acids is 2. The quantitative estimate of drug-likeness (QED) is 0.638. The maximum Gasteiger partial charge on any atom is 0.257 e. The molecule has 0 radical (unpaired) electrons. The van der Waals surface area contributed by atoms with Crippen molar-refractivity contribution in [3.05, 3.63) is 35.5 Å². The zero-order valence-electron chi connectivity index (χ0n) is 15.2. The summed E-state index contributed by atoms with van der Waals surface area (Å²) < 4.78 is 0.881. The zero-order valence-corrected chi connectivity index (χ0v) is 16.9. The fourth-order valence-electron chi connectivity index (χ4n) is 2.27. The van der Waals surface area contributed by atoms with Crippen molar-refractivity contribution in [1.29, 1.82) is 0 Å². The lowest BCUT2D eigenvalue weighted by molar-refractivity contribution is -0.115. The Bertz CT molecular complexity index is 759. The first-order valence-electron chi connectivity index (χ1n) is 8.41. The number of anilines is 2. The van der Waals surface area contributed by atoms with Crippen LogP contribution in [-0.4, -0.2) is 36.1 Å². The van der Waals surface area contributed by atoms with Gasteiger partial charge < -0.3 is 10.6 Å². The molecule has 0 aliphatic carbocycles. The average Bonchev–Trinajstić information content (AvgIpc) is 2.97. The lowest BCUT2D eigenvalue weighted by Gasteiger charge is -2.19. The second-order valence-corrected chi connectivity index (χ2v) is 8.17. The van der Waals surface area contributed by atoms with Crippen LogP contribution in [0.25, 0.3) is 0 Å². The van der Waals surface area contributed by atoms with Crippen molar-refractivity contribution >= 4 is 45.7 Å². The van der Waals surface area contributed by atoms with Crippen molar-refractivity contribution in [3.8, 4) is 0 Å². The second kappa shape index (κ2) is 9.59. The van der Waals surface area contributed by atoms with Crippen LogP contribution < -0.4 is 16.0 Å². The number of unbranched alkanes of at least 4 members (excludes halogenated alkanes) is 1. The van der Waals surface area contributed by atoms with Crippen molar-refractivity contribution in [3.63, 3.8) is 0 Å². The lowest BCUT2D eigenvalue weighted by atomic mass is 10.2. The third-order valence-corrected chi connectivity index (χ3v) is 6.19. The number of nitrogens with zero attached hydrogens (tertiary/aromatic N) is 2. The highest BCUT2D eigenvalue weighted by molar-refractivity contribution is 8.01. The Kier molecular flexibility index (Phi) is 7.47. The van der Waals surface area contributed by atoms with Gasteiger partial charge in [-0.15, -0.1) is 11.8 Å². The molecule has 8 heteroatoms. The number of benzene rings is 1. The summed E-state index contributed by atoms with van der Waals surface area (Å²) >= 11 is 2.68. The Balaban J connectivity index is 1.99. The summed E-state index contributed by atoms with van der Waals surface area (Å²) in [5, 5.41) is 3.33. The van der Waals surface area contributed by atoms with Gasteiger partial charge in [-0.2, -0.15) is 0 Å². The Labute approximate surface area is 162 Å². The van der Waals surface area contributed by atoms with Gasteiger partial charge in [-0.1, -0.05) is 24.7 Å². The van der Waals surface area contributed by atoms with Crippen LogP contribution in [0.4, 0.5) is 10.8 Å². The monoisotopic (exact) mass is 392 g/mol. The van der Waals surface area contributed by atoms with E-state index in [-0.39, 0.29) is 17.6 Å². The predicted molar refractivity (Wildman–Crippen MR) is 109 cm³/mol. The van der Waals surface area contributed by atoms with E-state index in [1.165, 1.54) is 23.1 Å². The summed E-state index contributed by atoms with van der Waals surface area (Å²) in [4.78, 5) is 29.8. The number of carbonyl (C=O) groups is 2. The van der Waals surface area contributed by atoms with Crippen LogP contribution in [0, 0.1) is 6.92 Å². The number of hydrogen-bond acceptors (Lipinski definition) is 6. The summed E-state index contributed by atoms with van der Waals surface area (Å²) in [5.41, 5.74) is 7.62. The summed E-state index contributed by atoms with van der Waals surface area (Å²) in [6, 6.07) is 7.53. The first kappa shape index (κ1) is 20.3. The van der Waals surface area contributed by atoms with E-state index in [0.717, 1.165) is 35.0 Å². The first-order chi connectivity index (χ1) is 12.4. The van der Waals surface area contributed by atoms with Gasteiger partial charge in [-0.3, -0.25) is 14.9 Å². The molecule has 2 aromatic rings. The molecule has 2 rings (SSSR count). The van der Waals surface area contributed by atoms with E-state index in [4.69, 9.17) is 5.73 Å². The van der Waals surface area contributed by atoms with E-state index in [0.29, 0.717) is 10.7 Å². The third kappa shape index (κ3) is 5.74. The van der Waals surface area contributed by atoms with Crippen LogP contribution in [0.15, 0.2) is 28.5 Å². The van der Waals surface area contributed by atoms with Crippen molar-refractivity contribution in [2.24, 2.45) is 5.73 Å². The Morgan fingerprint density at radius 2 is 2.00 bits per heavy atom. The molecular formula is C18H24N4O2S2.